The van der Waals surface area contributed by atoms with E-state index in [4.69, 9.17) is 0 Å². The van der Waals surface area contributed by atoms with Gasteiger partial charge < -0.3 is 9.80 Å². The summed E-state index contributed by atoms with van der Waals surface area (Å²) in [6.07, 6.45) is 1.07. The van der Waals surface area contributed by atoms with Gasteiger partial charge in [-0.1, -0.05) is 225 Å². The molecule has 11 aromatic rings. The van der Waals surface area contributed by atoms with E-state index in [1.165, 1.54) is 142 Å². The van der Waals surface area contributed by atoms with Gasteiger partial charge >= 0.3 is 0 Å². The molecule has 3 heterocycles. The van der Waals surface area contributed by atoms with E-state index in [0.717, 1.165) is 6.42 Å². The van der Waals surface area contributed by atoms with Gasteiger partial charge in [0.1, 0.15) is 0 Å². The third kappa shape index (κ3) is 8.73. The van der Waals surface area contributed by atoms with Crippen molar-refractivity contribution in [1.29, 1.82) is 0 Å². The summed E-state index contributed by atoms with van der Waals surface area (Å²) in [5, 5.41) is 9.03. The smallest absolute Gasteiger partial charge is 0.264 e. The summed E-state index contributed by atoms with van der Waals surface area (Å²) in [6.45, 7) is 35.2. The predicted molar refractivity (Wildman–Crippen MR) is 357 cm³/mol. The number of nitrogens with zero attached hydrogens (tertiary/aromatic N) is 2. The molecule has 81 heavy (non-hydrogen) atoms. The molecule has 2 nitrogen and oxygen atoms in total. The monoisotopic (exact) mass is 1070 g/mol. The van der Waals surface area contributed by atoms with Gasteiger partial charge in [-0.25, -0.2) is 0 Å². The van der Waals surface area contributed by atoms with Crippen LogP contribution in [0.25, 0.3) is 64.7 Å². The minimum atomic E-state index is -0.0843. The third-order valence-corrected chi connectivity index (χ3v) is 19.6. The van der Waals surface area contributed by atoms with Crippen LogP contribution in [-0.4, -0.2) is 6.71 Å². The van der Waals surface area contributed by atoms with Gasteiger partial charge in [0.05, 0.1) is 11.4 Å². The highest BCUT2D eigenvalue weighted by molar-refractivity contribution is 7.33. The Labute approximate surface area is 486 Å². The van der Waals surface area contributed by atoms with E-state index in [-0.39, 0.29) is 33.8 Å². The Kier molecular flexibility index (Phi) is 12.1. The van der Waals surface area contributed by atoms with Crippen LogP contribution in [0.5, 0.6) is 0 Å². The van der Waals surface area contributed by atoms with Gasteiger partial charge in [0.25, 0.3) is 6.71 Å². The SMILES string of the molecule is CCC(C)(C)c1ccc(N2c3cccc4c3B(c3cc(-c5cc(C(C)(C)C)cc(C(C)(C)C)c5)ccc3N4c3ccc(C(C)(C)C)cc3-c3ccc4c5ccccc5c5ccccc5c4c3)c3sc4ccc(C(C)(C)C)cc4c32)cc1. The van der Waals surface area contributed by atoms with Crippen molar-refractivity contribution in [2.45, 2.75) is 137 Å². The molecule has 404 valence electrons. The van der Waals surface area contributed by atoms with Crippen molar-refractivity contribution in [1.82, 2.24) is 0 Å². The normalized spacial score (nSPS) is 13.8. The molecule has 1 aromatic heterocycles. The Morgan fingerprint density at radius 3 is 1.48 bits per heavy atom. The molecule has 0 atom stereocenters. The van der Waals surface area contributed by atoms with Gasteiger partial charge in [-0.2, -0.15) is 0 Å². The molecular weight excluding hydrogens is 996 g/mol. The fourth-order valence-corrected chi connectivity index (χ4v) is 14.3. The number of fused-ring (bicyclic) bond motifs is 12. The summed E-state index contributed by atoms with van der Waals surface area (Å²) in [6, 6.07) is 71.4. The molecule has 4 heteroatoms. The second-order valence-corrected chi connectivity index (χ2v) is 29.4. The highest BCUT2D eigenvalue weighted by Crippen LogP contribution is 2.51. The minimum Gasteiger partial charge on any atom is -0.311 e. The lowest BCUT2D eigenvalue weighted by atomic mass is 9.36. The molecule has 0 saturated carbocycles. The summed E-state index contributed by atoms with van der Waals surface area (Å²) in [4.78, 5) is 5.28. The number of thiophene rings is 1. The molecule has 0 unspecified atom stereocenters. The van der Waals surface area contributed by atoms with Gasteiger partial charge in [-0.15, -0.1) is 11.3 Å². The predicted octanol–water partition coefficient (Wildman–Crippen LogP) is 20.7. The zero-order valence-corrected chi connectivity index (χ0v) is 51.2. The average molecular weight is 1070 g/mol. The maximum Gasteiger partial charge on any atom is 0.264 e. The van der Waals surface area contributed by atoms with E-state index >= 15 is 0 Å². The fraction of sp³-hybridized carbons (Fsp3) is 0.273. The van der Waals surface area contributed by atoms with Crippen molar-refractivity contribution in [2.24, 2.45) is 0 Å². The number of anilines is 6. The first-order chi connectivity index (χ1) is 38.4. The first kappa shape index (κ1) is 52.9. The molecule has 0 N–H and O–H groups in total. The van der Waals surface area contributed by atoms with E-state index in [1.54, 1.807) is 0 Å². The van der Waals surface area contributed by atoms with Crippen molar-refractivity contribution in [3.63, 3.8) is 0 Å². The van der Waals surface area contributed by atoms with Crippen molar-refractivity contribution in [3.8, 4) is 22.3 Å². The lowest BCUT2D eigenvalue weighted by molar-refractivity contribution is 0.506. The van der Waals surface area contributed by atoms with Crippen LogP contribution < -0.4 is 25.5 Å². The third-order valence-electron chi connectivity index (χ3n) is 18.4. The maximum atomic E-state index is 2.64. The maximum absolute atomic E-state index is 2.64. The topological polar surface area (TPSA) is 6.48 Å². The molecule has 0 aliphatic carbocycles. The van der Waals surface area contributed by atoms with E-state index in [0.29, 0.717) is 0 Å². The highest BCUT2D eigenvalue weighted by Gasteiger charge is 2.46. The van der Waals surface area contributed by atoms with Crippen molar-refractivity contribution < 1.29 is 0 Å². The highest BCUT2D eigenvalue weighted by atomic mass is 32.1. The zero-order chi connectivity index (χ0) is 56.9. The van der Waals surface area contributed by atoms with E-state index < -0.39 is 0 Å². The Balaban J connectivity index is 1.13. The van der Waals surface area contributed by atoms with E-state index in [2.05, 4.69) is 296 Å². The molecule has 0 spiro atoms. The quantitative estimate of drug-likeness (QED) is 0.121. The van der Waals surface area contributed by atoms with Crippen molar-refractivity contribution >= 4 is 110 Å². The molecule has 2 aliphatic rings. The van der Waals surface area contributed by atoms with Crippen LogP contribution in [0.1, 0.15) is 138 Å². The summed E-state index contributed by atoms with van der Waals surface area (Å²) < 4.78 is 2.71. The molecule has 0 fully saturated rings. The lowest BCUT2D eigenvalue weighted by Gasteiger charge is -2.43. The number of rotatable bonds is 6. The molecule has 0 radical (unpaired) electrons. The number of benzene rings is 10. The first-order valence-corrected chi connectivity index (χ1v) is 30.4. The molecule has 0 saturated heterocycles. The summed E-state index contributed by atoms with van der Waals surface area (Å²) in [7, 11) is 0. The van der Waals surface area contributed by atoms with Gasteiger partial charge in [0, 0.05) is 43.2 Å². The summed E-state index contributed by atoms with van der Waals surface area (Å²) >= 11 is 1.99. The first-order valence-electron chi connectivity index (χ1n) is 29.6. The standard InChI is InChI=1S/C77H77BN2S/c1-16-77(14,15)50-30-34-55(35-31-50)79-67-26-21-27-68-70(67)78(72-71(79)63-46-52(74(5,6)7)33-39-69(63)81-72)64-43-47(49-40-53(75(8,9)10)44-54(41-49)76(11,12)13)29-37-66(64)80(68)65-38-32-51(73(2,3)4)45-61(65)48-28-36-60-58-24-18-17-22-56(58)57-23-19-20-25-59(57)62(60)42-48/h17-46H,16H2,1-15H3. The number of hydrogen-bond acceptors (Lipinski definition) is 3. The Morgan fingerprint density at radius 1 is 0.370 bits per heavy atom. The molecule has 2 aliphatic heterocycles. The molecule has 0 amide bonds. The van der Waals surface area contributed by atoms with Crippen LogP contribution >= 0.6 is 11.3 Å². The van der Waals surface area contributed by atoms with Crippen LogP contribution in [0.15, 0.2) is 182 Å². The second-order valence-electron chi connectivity index (χ2n) is 28.3. The Hall–Kier alpha value is -7.40. The van der Waals surface area contributed by atoms with Gasteiger partial charge in [-0.05, 0) is 182 Å². The van der Waals surface area contributed by atoms with E-state index in [1.807, 2.05) is 11.3 Å². The molecular formula is C77H77BN2S. The van der Waals surface area contributed by atoms with Crippen LogP contribution in [0.2, 0.25) is 0 Å². The van der Waals surface area contributed by atoms with Gasteiger partial charge in [-0.3, -0.25) is 0 Å². The van der Waals surface area contributed by atoms with Gasteiger partial charge in [0.15, 0.2) is 0 Å². The summed E-state index contributed by atoms with van der Waals surface area (Å²) in [5.41, 5.74) is 21.6. The van der Waals surface area contributed by atoms with Crippen LogP contribution in [-0.2, 0) is 27.1 Å². The average Bonchev–Trinajstić information content (AvgIpc) is 2.64. The molecule has 13 rings (SSSR count). The molecule has 0 bridgehead atoms. The van der Waals surface area contributed by atoms with Crippen molar-refractivity contribution in [3.05, 3.63) is 210 Å². The Bertz CT molecular complexity index is 4280. The largest absolute Gasteiger partial charge is 0.311 e. The zero-order valence-electron chi connectivity index (χ0n) is 50.4. The minimum absolute atomic E-state index is 0.0204. The number of hydrogen-bond donors (Lipinski definition) is 0. The summed E-state index contributed by atoms with van der Waals surface area (Å²) in [5.74, 6) is 0. The van der Waals surface area contributed by atoms with E-state index in [9.17, 15) is 0 Å². The van der Waals surface area contributed by atoms with Crippen LogP contribution in [0, 0.1) is 0 Å². The fourth-order valence-electron chi connectivity index (χ4n) is 13.0. The Morgan fingerprint density at radius 2 is 0.889 bits per heavy atom. The lowest BCUT2D eigenvalue weighted by Crippen LogP contribution is -2.60. The van der Waals surface area contributed by atoms with Crippen LogP contribution in [0.3, 0.4) is 0 Å². The van der Waals surface area contributed by atoms with Gasteiger partial charge in [0.2, 0.25) is 0 Å². The molecule has 10 aromatic carbocycles. The second kappa shape index (κ2) is 18.6. The van der Waals surface area contributed by atoms with Crippen molar-refractivity contribution in [2.75, 3.05) is 9.80 Å². The van der Waals surface area contributed by atoms with Crippen LogP contribution in [0.4, 0.5) is 34.1 Å².